The smallest absolute Gasteiger partial charge is 0.243 e. The Morgan fingerprint density at radius 2 is 1.84 bits per heavy atom. The second-order valence-electron chi connectivity index (χ2n) is 22.0. The number of rotatable bonds is 19. The molecule has 398 valence electrons. The highest BCUT2D eigenvalue weighted by molar-refractivity contribution is 7.13. The van der Waals surface area contributed by atoms with Gasteiger partial charge in [-0.15, -0.1) is 16.4 Å². The van der Waals surface area contributed by atoms with Crippen molar-refractivity contribution >= 4 is 57.7 Å². The number of aromatic nitrogens is 5. The number of ketones is 1. The maximum absolute atomic E-state index is 14.2. The molecule has 3 aliphatic rings. The zero-order chi connectivity index (χ0) is 54.1. The van der Waals surface area contributed by atoms with Gasteiger partial charge in [-0.1, -0.05) is 71.9 Å². The van der Waals surface area contributed by atoms with Gasteiger partial charge in [0.25, 0.3) is 0 Å². The summed E-state index contributed by atoms with van der Waals surface area (Å²) < 4.78 is 0. The van der Waals surface area contributed by atoms with Crippen molar-refractivity contribution in [3.8, 4) is 16.5 Å². The zero-order valence-electron chi connectivity index (χ0n) is 44.7. The number of nitriles is 1. The molecule has 3 aromatic heterocycles. The molecule has 3 aromatic carbocycles. The number of aromatic amines is 1. The fourth-order valence-corrected chi connectivity index (χ4v) is 12.2. The van der Waals surface area contributed by atoms with Crippen molar-refractivity contribution in [1.82, 2.24) is 40.2 Å². The second-order valence-corrected chi connectivity index (χ2v) is 22.9. The standard InChI is InChI=1S/C58H69N11O6S/c1-8-11-50(72)68(34-57(4,5)28-51(73)67-32-43(71)26-49(67)56(75)60-30-37-14-17-40(18-15-37)54-36(3)61-35-76-54)69-31-41(63-64-69)12-10-13-42(33-70)65-20-22-66(23-21-65)48-27-46-45(25-39(48)9-2)53(74)52-44-19-16-38(29-59)24-47(44)62-55(52)58(46,6)7/h14-19,24-25,27,31,33,35,42-43,49,62,71H,8-13,20-23,26,28,30,32,34H2,1-7H3,(H,60,75)/t42-,43+,49-/m0/s1. The average molecular weight is 1050 g/mol. The summed E-state index contributed by atoms with van der Waals surface area (Å²) in [6, 6.07) is 18.7. The molecule has 0 unspecified atom stereocenters. The third-order valence-corrected chi connectivity index (χ3v) is 16.6. The minimum Gasteiger partial charge on any atom is -0.391 e. The molecule has 76 heavy (non-hydrogen) atoms. The van der Waals surface area contributed by atoms with Crippen molar-refractivity contribution in [3.05, 3.63) is 117 Å². The third-order valence-electron chi connectivity index (χ3n) is 15.6. The van der Waals surface area contributed by atoms with E-state index < -0.39 is 23.0 Å². The summed E-state index contributed by atoms with van der Waals surface area (Å²) in [5.41, 5.74) is 10.9. The molecule has 1 aliphatic carbocycles. The van der Waals surface area contributed by atoms with Crippen LogP contribution in [0.4, 0.5) is 5.69 Å². The molecule has 0 bridgehead atoms. The van der Waals surface area contributed by atoms with Crippen LogP contribution in [0.25, 0.3) is 21.3 Å². The molecule has 2 fully saturated rings. The minimum atomic E-state index is -0.837. The number of aryl methyl sites for hydroxylation is 3. The number of aliphatic hydroxyl groups is 1. The van der Waals surface area contributed by atoms with E-state index in [9.17, 15) is 34.3 Å². The van der Waals surface area contributed by atoms with E-state index in [1.807, 2.05) is 69.6 Å². The molecule has 2 aliphatic heterocycles. The fraction of sp³-hybridized carbons (Fsp3) is 0.466. The predicted molar refractivity (Wildman–Crippen MR) is 293 cm³/mol. The van der Waals surface area contributed by atoms with Gasteiger partial charge in [0.2, 0.25) is 17.7 Å². The molecular formula is C58H69N11O6S. The number of H-pyrrole nitrogens is 1. The Kier molecular flexibility index (Phi) is 15.7. The lowest BCUT2D eigenvalue weighted by molar-refractivity contribution is -0.140. The van der Waals surface area contributed by atoms with Crippen LogP contribution >= 0.6 is 11.3 Å². The van der Waals surface area contributed by atoms with Gasteiger partial charge in [-0.3, -0.25) is 24.1 Å². The number of β-amino-alcohol motifs (C(OH)–C–C–N with tert-alkyl or cyclic N) is 1. The number of likely N-dealkylation sites (tertiary alicyclic amines) is 1. The number of aliphatic hydroxyl groups excluding tert-OH is 1. The number of thiazole rings is 1. The summed E-state index contributed by atoms with van der Waals surface area (Å²) in [7, 11) is 0. The molecule has 3 amide bonds. The van der Waals surface area contributed by atoms with Crippen molar-refractivity contribution in [2.24, 2.45) is 5.41 Å². The van der Waals surface area contributed by atoms with Crippen LogP contribution in [0.3, 0.4) is 0 Å². The number of nitrogens with one attached hydrogen (secondary N) is 2. The van der Waals surface area contributed by atoms with E-state index in [0.717, 1.165) is 80.9 Å². The number of amides is 3. The topological polar surface area (TPSA) is 214 Å². The van der Waals surface area contributed by atoms with Gasteiger partial charge in [-0.05, 0) is 96.2 Å². The molecule has 17 nitrogen and oxygen atoms in total. The highest BCUT2D eigenvalue weighted by Gasteiger charge is 2.43. The van der Waals surface area contributed by atoms with Crippen molar-refractivity contribution < 1.29 is 29.1 Å². The number of nitrogens with zero attached hydrogens (tertiary/aromatic N) is 9. The van der Waals surface area contributed by atoms with E-state index in [1.54, 1.807) is 23.6 Å². The lowest BCUT2D eigenvalue weighted by Gasteiger charge is -2.40. The molecule has 0 spiro atoms. The predicted octanol–water partition coefficient (Wildman–Crippen LogP) is 7.17. The van der Waals surface area contributed by atoms with Crippen LogP contribution in [-0.4, -0.2) is 127 Å². The number of aldehydes is 1. The first-order valence-electron chi connectivity index (χ1n) is 26.6. The summed E-state index contributed by atoms with van der Waals surface area (Å²) in [6.07, 6.45) is 5.56. The lowest BCUT2D eigenvalue weighted by atomic mass is 9.70. The molecular weight excluding hydrogens is 979 g/mol. The first kappa shape index (κ1) is 53.7. The monoisotopic (exact) mass is 1050 g/mol. The molecule has 9 rings (SSSR count). The third kappa shape index (κ3) is 11.0. The van der Waals surface area contributed by atoms with E-state index in [1.165, 1.54) is 14.7 Å². The highest BCUT2D eigenvalue weighted by Crippen LogP contribution is 2.46. The van der Waals surface area contributed by atoms with E-state index in [0.29, 0.717) is 61.2 Å². The van der Waals surface area contributed by atoms with Crippen LogP contribution in [0.15, 0.2) is 66.3 Å². The van der Waals surface area contributed by atoms with Crippen LogP contribution in [0.5, 0.6) is 0 Å². The number of hydrogen-bond donors (Lipinski definition) is 3. The number of carbonyl (C=O) groups excluding carboxylic acids is 5. The lowest BCUT2D eigenvalue weighted by Crippen LogP contribution is -2.51. The van der Waals surface area contributed by atoms with E-state index >= 15 is 0 Å². The second kappa shape index (κ2) is 22.3. The Morgan fingerprint density at radius 1 is 1.08 bits per heavy atom. The van der Waals surface area contributed by atoms with Gasteiger partial charge in [0.05, 0.1) is 63.9 Å². The summed E-state index contributed by atoms with van der Waals surface area (Å²) in [5.74, 6) is -0.785. The Hall–Kier alpha value is -7.07. The molecule has 18 heteroatoms. The molecule has 0 saturated carbocycles. The van der Waals surface area contributed by atoms with E-state index in [-0.39, 0.29) is 68.4 Å². The molecule has 0 radical (unpaired) electrons. The van der Waals surface area contributed by atoms with Crippen LogP contribution in [0.2, 0.25) is 0 Å². The normalized spacial score (nSPS) is 17.8. The van der Waals surface area contributed by atoms with E-state index in [2.05, 4.69) is 74.4 Å². The molecule has 2 saturated heterocycles. The van der Waals surface area contributed by atoms with E-state index in [4.69, 9.17) is 0 Å². The summed E-state index contributed by atoms with van der Waals surface area (Å²) in [4.78, 5) is 84.6. The zero-order valence-corrected chi connectivity index (χ0v) is 45.5. The highest BCUT2D eigenvalue weighted by atomic mass is 32.1. The Labute approximate surface area is 448 Å². The first-order valence-corrected chi connectivity index (χ1v) is 27.5. The van der Waals surface area contributed by atoms with Gasteiger partial charge in [0.15, 0.2) is 5.78 Å². The van der Waals surface area contributed by atoms with Crippen LogP contribution in [0.1, 0.15) is 135 Å². The molecule has 6 aromatic rings. The van der Waals surface area contributed by atoms with Crippen LogP contribution in [-0.2, 0) is 44.0 Å². The van der Waals surface area contributed by atoms with Crippen molar-refractivity contribution in [2.45, 2.75) is 130 Å². The van der Waals surface area contributed by atoms with Gasteiger partial charge in [0, 0.05) is 91.8 Å². The van der Waals surface area contributed by atoms with Gasteiger partial charge in [-0.2, -0.15) is 10.1 Å². The number of hydrogen-bond acceptors (Lipinski definition) is 13. The largest absolute Gasteiger partial charge is 0.391 e. The number of carbonyl (C=O) groups is 5. The Bertz CT molecular complexity index is 3190. The molecule has 3 N–H and O–H groups in total. The van der Waals surface area contributed by atoms with Gasteiger partial charge >= 0.3 is 0 Å². The Balaban J connectivity index is 0.785. The fourth-order valence-electron chi connectivity index (χ4n) is 11.4. The number of anilines is 1. The number of fused-ring (bicyclic) bond motifs is 4. The maximum atomic E-state index is 14.2. The van der Waals surface area contributed by atoms with Crippen molar-refractivity contribution in [3.63, 3.8) is 0 Å². The van der Waals surface area contributed by atoms with Crippen molar-refractivity contribution in [2.75, 3.05) is 49.2 Å². The maximum Gasteiger partial charge on any atom is 0.243 e. The summed E-state index contributed by atoms with van der Waals surface area (Å²) in [6.45, 7) is 17.4. The number of benzene rings is 3. The number of piperazine rings is 1. The van der Waals surface area contributed by atoms with Gasteiger partial charge in [0.1, 0.15) is 12.3 Å². The summed E-state index contributed by atoms with van der Waals surface area (Å²) >= 11 is 1.58. The van der Waals surface area contributed by atoms with Gasteiger partial charge < -0.3 is 30.0 Å². The molecule has 3 atom stereocenters. The van der Waals surface area contributed by atoms with Crippen molar-refractivity contribution in [1.29, 1.82) is 5.26 Å². The van der Waals surface area contributed by atoms with Gasteiger partial charge in [-0.25, -0.2) is 9.99 Å². The average Bonchev–Trinajstić information content (AvgIpc) is 4.37. The first-order chi connectivity index (χ1) is 36.4. The SMILES string of the molecule is CCCC(=O)N(CC(C)(C)CC(=O)N1C[C@H](O)C[C@H]1C(=O)NCc1ccc(-c2scnc2C)cc1)n1cc(CCC[C@@H](C=O)N2CCN(c3cc4c(cc3CC)C(=O)c3c([nH]c5cc(C#N)ccc35)C4(C)C)CC2)nn1. The quantitative estimate of drug-likeness (QED) is 0.0689. The van der Waals surface area contributed by atoms with Crippen LogP contribution < -0.4 is 15.2 Å². The molecule has 5 heterocycles. The Morgan fingerprint density at radius 3 is 2.53 bits per heavy atom. The van der Waals surface area contributed by atoms with Crippen LogP contribution in [0, 0.1) is 23.7 Å². The minimum absolute atomic E-state index is 0.00575. The summed E-state index contributed by atoms with van der Waals surface area (Å²) in [5, 5.41) is 34.3.